The van der Waals surface area contributed by atoms with E-state index in [0.29, 0.717) is 24.4 Å². The zero-order chi connectivity index (χ0) is 50.7. The van der Waals surface area contributed by atoms with Crippen LogP contribution in [0, 0.1) is 0 Å². The van der Waals surface area contributed by atoms with Gasteiger partial charge in [0.2, 0.25) is 0 Å². The highest BCUT2D eigenvalue weighted by Crippen LogP contribution is 2.25. The summed E-state index contributed by atoms with van der Waals surface area (Å²) in [5.41, 5.74) is 0.648. The molecule has 0 radical (unpaired) electrons. The molecule has 0 unspecified atom stereocenters. The van der Waals surface area contributed by atoms with Crippen molar-refractivity contribution in [2.75, 3.05) is 32.2 Å². The summed E-state index contributed by atoms with van der Waals surface area (Å²) >= 11 is 5.34. The van der Waals surface area contributed by atoms with Crippen molar-refractivity contribution in [2.45, 2.75) is 300 Å². The van der Waals surface area contributed by atoms with Gasteiger partial charge < -0.3 is 55.1 Å². The number of unbranched alkanes of at least 4 members (excludes halogenated alkanes) is 34. The highest BCUT2D eigenvalue weighted by molar-refractivity contribution is 7.80. The molecule has 0 spiro atoms. The van der Waals surface area contributed by atoms with Gasteiger partial charge in [0.05, 0.1) is 32.0 Å². The van der Waals surface area contributed by atoms with Crippen molar-refractivity contribution in [3.05, 3.63) is 24.3 Å². The summed E-state index contributed by atoms with van der Waals surface area (Å²) in [6.45, 7) is 4.87. The summed E-state index contributed by atoms with van der Waals surface area (Å²) in [5.74, 6) is 0.641. The summed E-state index contributed by atoms with van der Waals surface area (Å²) in [6, 6.07) is 6.51. The Hall–Kier alpha value is -1.61. The van der Waals surface area contributed by atoms with E-state index >= 15 is 0 Å². The largest absolute Gasteiger partial charge is 0.497 e. The molecule has 0 amide bonds. The number of nitrogens with one attached hydrogen (secondary N) is 2. The van der Waals surface area contributed by atoms with Gasteiger partial charge in [-0.15, -0.1) is 0 Å². The molecule has 8 atom stereocenters. The van der Waals surface area contributed by atoms with Crippen LogP contribution in [0.15, 0.2) is 24.3 Å². The standard InChI is InChI=1S/C58H108N2O9S/c1-4-6-8-10-12-14-16-18-19-20-21-22-23-24-25-26-27-28-29-31-33-35-37-39-44-59-50(53(62)51(61)43-38-36-34-32-30-17-15-13-11-9-7-5-2)46-67-57-56(65)55(64)54(63)52(69-57)47-68-58(70)60-48-41-40-42-49(45-48)66-3/h40-42,45,50-57,59,61-65H,4-39,43-44,46-47H2,1-3H3,(H,60,70)/t50-,51+,52+,53-,54-,55-,56+,57-/m0/s1. The first-order chi connectivity index (χ1) is 34.2. The third-order valence-electron chi connectivity index (χ3n) is 14.4. The van der Waals surface area contributed by atoms with Crippen molar-refractivity contribution in [3.63, 3.8) is 0 Å². The molecule has 0 saturated carbocycles. The Labute approximate surface area is 433 Å². The van der Waals surface area contributed by atoms with E-state index in [1.165, 1.54) is 193 Å². The number of thiocarbonyl (C=S) groups is 1. The van der Waals surface area contributed by atoms with Crippen LogP contribution in [0.2, 0.25) is 0 Å². The van der Waals surface area contributed by atoms with Crippen molar-refractivity contribution in [1.82, 2.24) is 5.32 Å². The number of rotatable bonds is 48. The number of anilines is 1. The molecule has 1 fully saturated rings. The molecule has 0 aliphatic carbocycles. The van der Waals surface area contributed by atoms with Crippen LogP contribution in [-0.4, -0.2) is 107 Å². The summed E-state index contributed by atoms with van der Waals surface area (Å²) in [7, 11) is 1.57. The maximum atomic E-state index is 11.4. The van der Waals surface area contributed by atoms with Crippen molar-refractivity contribution in [2.24, 2.45) is 0 Å². The van der Waals surface area contributed by atoms with Gasteiger partial charge >= 0.3 is 0 Å². The second kappa shape index (κ2) is 44.8. The second-order valence-electron chi connectivity index (χ2n) is 20.7. The van der Waals surface area contributed by atoms with Gasteiger partial charge in [-0.1, -0.05) is 245 Å². The van der Waals surface area contributed by atoms with Crippen molar-refractivity contribution < 1.29 is 44.5 Å². The number of aliphatic hydroxyl groups is 5. The topological polar surface area (TPSA) is 162 Å². The fourth-order valence-corrected chi connectivity index (χ4v) is 9.88. The van der Waals surface area contributed by atoms with Gasteiger partial charge in [-0.25, -0.2) is 0 Å². The van der Waals surface area contributed by atoms with Gasteiger partial charge in [-0.05, 0) is 43.7 Å². The van der Waals surface area contributed by atoms with Gasteiger partial charge in [0.1, 0.15) is 36.8 Å². The first-order valence-corrected chi connectivity index (χ1v) is 29.6. The summed E-state index contributed by atoms with van der Waals surface area (Å²) in [5, 5.41) is 61.4. The van der Waals surface area contributed by atoms with Gasteiger partial charge in [0.25, 0.3) is 5.17 Å². The lowest BCUT2D eigenvalue weighted by molar-refractivity contribution is -0.302. The lowest BCUT2D eigenvalue weighted by Crippen LogP contribution is -2.60. The molecule has 11 nitrogen and oxygen atoms in total. The molecule has 70 heavy (non-hydrogen) atoms. The number of methoxy groups -OCH3 is 1. The minimum atomic E-state index is -1.57. The Morgan fingerprint density at radius 2 is 1.01 bits per heavy atom. The molecule has 1 saturated heterocycles. The number of aliphatic hydroxyl groups excluding tert-OH is 5. The molecule has 0 aromatic heterocycles. The van der Waals surface area contributed by atoms with E-state index in [1.807, 2.05) is 0 Å². The summed E-state index contributed by atoms with van der Waals surface area (Å²) in [6.07, 6.45) is 38.4. The zero-order valence-corrected chi connectivity index (χ0v) is 45.8. The Balaban J connectivity index is 1.70. The molecule has 1 aromatic carbocycles. The van der Waals surface area contributed by atoms with E-state index < -0.39 is 49.0 Å². The van der Waals surface area contributed by atoms with Crippen molar-refractivity contribution >= 4 is 23.1 Å². The van der Waals surface area contributed by atoms with E-state index in [9.17, 15) is 25.5 Å². The molecule has 12 heteroatoms. The molecule has 1 aliphatic heterocycles. The van der Waals surface area contributed by atoms with E-state index in [-0.39, 0.29) is 18.4 Å². The van der Waals surface area contributed by atoms with Crippen LogP contribution in [0.5, 0.6) is 5.75 Å². The number of hydrogen-bond acceptors (Lipinski definition) is 11. The maximum Gasteiger partial charge on any atom is 0.261 e. The predicted octanol–water partition coefficient (Wildman–Crippen LogP) is 13.4. The van der Waals surface area contributed by atoms with Gasteiger partial charge in [0, 0.05) is 11.8 Å². The number of benzene rings is 1. The van der Waals surface area contributed by atoms with E-state index in [1.54, 1.807) is 31.4 Å². The zero-order valence-electron chi connectivity index (χ0n) is 45.0. The van der Waals surface area contributed by atoms with Crippen LogP contribution in [0.3, 0.4) is 0 Å². The monoisotopic (exact) mass is 1010 g/mol. The summed E-state index contributed by atoms with van der Waals surface area (Å²) in [4.78, 5) is 0. The van der Waals surface area contributed by atoms with E-state index in [4.69, 9.17) is 31.2 Å². The smallest absolute Gasteiger partial charge is 0.261 e. The van der Waals surface area contributed by atoms with Crippen LogP contribution in [0.25, 0.3) is 0 Å². The molecule has 1 heterocycles. The molecule has 410 valence electrons. The highest BCUT2D eigenvalue weighted by Gasteiger charge is 2.45. The third-order valence-corrected chi connectivity index (χ3v) is 14.6. The minimum absolute atomic E-state index is 0.0254. The normalized spacial score (nSPS) is 19.5. The molecule has 2 rings (SSSR count). The Bertz CT molecular complexity index is 1330. The first kappa shape index (κ1) is 64.5. The van der Waals surface area contributed by atoms with Crippen LogP contribution in [0.1, 0.15) is 251 Å². The average Bonchev–Trinajstić information content (AvgIpc) is 3.36. The Kier molecular flexibility index (Phi) is 41.3. The SMILES string of the molecule is CCCCCCCCCCCCCCCCCCCCCCCCCCN[C@@H](CO[C@H]1O[C@H](COC(=S)Nc2cccc(OC)c2)[C@H](O)[C@H](O)[C@H]1O)[C@H](O)[C@H](O)CCCCCCCCCCCCCC. The molecule has 0 bridgehead atoms. The summed E-state index contributed by atoms with van der Waals surface area (Å²) < 4.78 is 22.9. The second-order valence-corrected chi connectivity index (χ2v) is 21.1. The lowest BCUT2D eigenvalue weighted by atomic mass is 9.98. The quantitative estimate of drug-likeness (QED) is 0.0245. The van der Waals surface area contributed by atoms with Crippen molar-refractivity contribution in [3.8, 4) is 5.75 Å². The Morgan fingerprint density at radius 1 is 0.586 bits per heavy atom. The molecule has 1 aliphatic rings. The highest BCUT2D eigenvalue weighted by atomic mass is 32.1. The number of hydrogen-bond donors (Lipinski definition) is 7. The van der Waals surface area contributed by atoms with E-state index in [0.717, 1.165) is 38.5 Å². The first-order valence-electron chi connectivity index (χ1n) is 29.2. The fourth-order valence-electron chi connectivity index (χ4n) is 9.69. The minimum Gasteiger partial charge on any atom is -0.497 e. The van der Waals surface area contributed by atoms with Gasteiger partial charge in [-0.2, -0.15) is 0 Å². The number of ether oxygens (including phenoxy) is 4. The van der Waals surface area contributed by atoms with Crippen LogP contribution < -0.4 is 15.4 Å². The van der Waals surface area contributed by atoms with Crippen molar-refractivity contribution in [1.29, 1.82) is 0 Å². The average molecular weight is 1010 g/mol. The lowest BCUT2D eigenvalue weighted by Gasteiger charge is -2.40. The van der Waals surface area contributed by atoms with Gasteiger partial charge in [0.15, 0.2) is 6.29 Å². The van der Waals surface area contributed by atoms with E-state index in [2.05, 4.69) is 24.5 Å². The Morgan fingerprint density at radius 3 is 1.46 bits per heavy atom. The maximum absolute atomic E-state index is 11.4. The van der Waals surface area contributed by atoms with Crippen LogP contribution >= 0.6 is 12.2 Å². The molecular weight excluding hydrogens is 901 g/mol. The molecular formula is C58H108N2O9S. The fraction of sp³-hybridized carbons (Fsp3) is 0.879. The van der Waals surface area contributed by atoms with Gasteiger partial charge in [-0.3, -0.25) is 0 Å². The predicted molar refractivity (Wildman–Crippen MR) is 294 cm³/mol. The molecule has 1 aromatic rings. The molecule has 7 N–H and O–H groups in total. The third kappa shape index (κ3) is 32.5. The van der Waals surface area contributed by atoms with Crippen LogP contribution in [-0.2, 0) is 14.2 Å². The van der Waals surface area contributed by atoms with Crippen LogP contribution in [0.4, 0.5) is 5.69 Å².